The number of rotatable bonds is 7. The van der Waals surface area contributed by atoms with E-state index in [0.717, 1.165) is 12.2 Å². The van der Waals surface area contributed by atoms with Gasteiger partial charge in [0.1, 0.15) is 5.54 Å². The lowest BCUT2D eigenvalue weighted by atomic mass is 10.0. The Morgan fingerprint density at radius 3 is 2.40 bits per heavy atom. The first-order valence-corrected chi connectivity index (χ1v) is 6.79. The molecule has 2 atom stereocenters. The summed E-state index contributed by atoms with van der Waals surface area (Å²) in [4.78, 5) is 0. The fourth-order valence-corrected chi connectivity index (χ4v) is 2.54. The maximum absolute atomic E-state index is 9.13. The Morgan fingerprint density at radius 1 is 1.40 bits per heavy atom. The van der Waals surface area contributed by atoms with Gasteiger partial charge in [-0.2, -0.15) is 17.0 Å². The molecule has 0 radical (unpaired) electrons. The molecule has 0 spiro atoms. The molecule has 0 aromatic rings. The van der Waals surface area contributed by atoms with E-state index in [1.54, 1.807) is 0 Å². The smallest absolute Gasteiger partial charge is 0.104 e. The minimum atomic E-state index is -0.366. The van der Waals surface area contributed by atoms with Gasteiger partial charge in [-0.05, 0) is 39.4 Å². The highest BCUT2D eigenvalue weighted by atomic mass is 32.2. The molecule has 88 valence electrons. The lowest BCUT2D eigenvalue weighted by Crippen LogP contribution is -2.45. The molecule has 3 heteroatoms. The van der Waals surface area contributed by atoms with Crippen LogP contribution in [0.2, 0.25) is 0 Å². The average molecular weight is 228 g/mol. The van der Waals surface area contributed by atoms with Gasteiger partial charge >= 0.3 is 0 Å². The first kappa shape index (κ1) is 14.8. The van der Waals surface area contributed by atoms with Crippen LogP contribution in [0.1, 0.15) is 47.5 Å². The molecule has 0 rings (SSSR count). The maximum Gasteiger partial charge on any atom is 0.104 e. The van der Waals surface area contributed by atoms with E-state index in [-0.39, 0.29) is 5.54 Å². The van der Waals surface area contributed by atoms with E-state index in [2.05, 4.69) is 39.1 Å². The second-order valence-corrected chi connectivity index (χ2v) is 6.13. The zero-order chi connectivity index (χ0) is 11.9. The third-order valence-corrected chi connectivity index (χ3v) is 3.78. The second kappa shape index (κ2) is 7.14. The van der Waals surface area contributed by atoms with Gasteiger partial charge in [0.05, 0.1) is 6.07 Å². The Morgan fingerprint density at radius 2 is 2.00 bits per heavy atom. The Balaban J connectivity index is 3.95. The molecule has 0 saturated heterocycles. The molecule has 0 aliphatic rings. The third kappa shape index (κ3) is 6.81. The monoisotopic (exact) mass is 228 g/mol. The van der Waals surface area contributed by atoms with Gasteiger partial charge < -0.3 is 0 Å². The SMILES string of the molecule is CCC(C)SCCC(C)(C#N)NC(C)C. The van der Waals surface area contributed by atoms with Crippen molar-refractivity contribution in [1.82, 2.24) is 5.32 Å². The average Bonchev–Trinajstić information content (AvgIpc) is 2.16. The number of hydrogen-bond acceptors (Lipinski definition) is 3. The predicted octanol–water partition coefficient (Wildman–Crippen LogP) is 3.19. The summed E-state index contributed by atoms with van der Waals surface area (Å²) in [6.45, 7) is 10.6. The molecule has 2 unspecified atom stereocenters. The van der Waals surface area contributed by atoms with Gasteiger partial charge in [0.25, 0.3) is 0 Å². The van der Waals surface area contributed by atoms with Crippen LogP contribution >= 0.6 is 11.8 Å². The van der Waals surface area contributed by atoms with Crippen molar-refractivity contribution in [1.29, 1.82) is 5.26 Å². The molecule has 0 amide bonds. The maximum atomic E-state index is 9.13. The van der Waals surface area contributed by atoms with Crippen LogP contribution in [0.25, 0.3) is 0 Å². The second-order valence-electron chi connectivity index (χ2n) is 4.58. The zero-order valence-electron chi connectivity index (χ0n) is 10.6. The third-order valence-electron chi connectivity index (χ3n) is 2.43. The summed E-state index contributed by atoms with van der Waals surface area (Å²) in [5.41, 5.74) is -0.366. The highest BCUT2D eigenvalue weighted by Gasteiger charge is 2.23. The largest absolute Gasteiger partial charge is 0.297 e. The van der Waals surface area contributed by atoms with Crippen molar-refractivity contribution >= 4 is 11.8 Å². The Hall–Kier alpha value is -0.200. The van der Waals surface area contributed by atoms with Crippen LogP contribution in [0, 0.1) is 11.3 Å². The first-order chi connectivity index (χ1) is 6.93. The summed E-state index contributed by atoms with van der Waals surface area (Å²) in [7, 11) is 0. The van der Waals surface area contributed by atoms with E-state index in [4.69, 9.17) is 5.26 Å². The number of hydrogen-bond donors (Lipinski definition) is 1. The molecule has 0 fully saturated rings. The van der Waals surface area contributed by atoms with Crippen molar-refractivity contribution in [2.75, 3.05) is 5.75 Å². The molecule has 0 aliphatic carbocycles. The van der Waals surface area contributed by atoms with E-state index < -0.39 is 0 Å². The van der Waals surface area contributed by atoms with E-state index in [1.165, 1.54) is 6.42 Å². The minimum Gasteiger partial charge on any atom is -0.297 e. The fraction of sp³-hybridized carbons (Fsp3) is 0.917. The lowest BCUT2D eigenvalue weighted by molar-refractivity contribution is 0.397. The van der Waals surface area contributed by atoms with Crippen molar-refractivity contribution < 1.29 is 0 Å². The van der Waals surface area contributed by atoms with Crippen LogP contribution in [0.3, 0.4) is 0 Å². The number of nitriles is 1. The van der Waals surface area contributed by atoms with Crippen LogP contribution in [-0.2, 0) is 0 Å². The van der Waals surface area contributed by atoms with Gasteiger partial charge in [0, 0.05) is 11.3 Å². The summed E-state index contributed by atoms with van der Waals surface area (Å²) in [6.07, 6.45) is 2.11. The van der Waals surface area contributed by atoms with E-state index in [9.17, 15) is 0 Å². The van der Waals surface area contributed by atoms with Gasteiger partial charge in [0.2, 0.25) is 0 Å². The van der Waals surface area contributed by atoms with E-state index in [0.29, 0.717) is 11.3 Å². The molecule has 0 heterocycles. The number of nitrogens with zero attached hydrogens (tertiary/aromatic N) is 1. The van der Waals surface area contributed by atoms with Crippen LogP contribution in [-0.4, -0.2) is 22.6 Å². The van der Waals surface area contributed by atoms with E-state index in [1.807, 2.05) is 18.7 Å². The number of thioether (sulfide) groups is 1. The van der Waals surface area contributed by atoms with Crippen molar-refractivity contribution in [3.63, 3.8) is 0 Å². The Labute approximate surface area is 98.8 Å². The fourth-order valence-electron chi connectivity index (χ4n) is 1.38. The minimum absolute atomic E-state index is 0.364. The van der Waals surface area contributed by atoms with Crippen molar-refractivity contribution in [3.8, 4) is 6.07 Å². The topological polar surface area (TPSA) is 35.8 Å². The molecule has 0 aromatic carbocycles. The molecule has 0 saturated carbocycles. The Bertz CT molecular complexity index is 210. The van der Waals surface area contributed by atoms with E-state index >= 15 is 0 Å². The van der Waals surface area contributed by atoms with Crippen LogP contribution in [0.15, 0.2) is 0 Å². The quantitative estimate of drug-likeness (QED) is 0.727. The molecule has 15 heavy (non-hydrogen) atoms. The highest BCUT2D eigenvalue weighted by molar-refractivity contribution is 7.99. The number of nitrogens with one attached hydrogen (secondary N) is 1. The summed E-state index contributed by atoms with van der Waals surface area (Å²) >= 11 is 1.95. The predicted molar refractivity (Wildman–Crippen MR) is 69.1 cm³/mol. The van der Waals surface area contributed by atoms with Gasteiger partial charge in [-0.15, -0.1) is 0 Å². The molecule has 2 nitrogen and oxygen atoms in total. The zero-order valence-corrected chi connectivity index (χ0v) is 11.4. The van der Waals surface area contributed by atoms with Crippen LogP contribution in [0.5, 0.6) is 0 Å². The summed E-state index contributed by atoms with van der Waals surface area (Å²) < 4.78 is 0. The first-order valence-electron chi connectivity index (χ1n) is 5.74. The van der Waals surface area contributed by atoms with Gasteiger partial charge in [-0.3, -0.25) is 5.32 Å². The molecule has 1 N–H and O–H groups in total. The summed E-state index contributed by atoms with van der Waals surface area (Å²) in [6, 6.07) is 2.74. The summed E-state index contributed by atoms with van der Waals surface area (Å²) in [5.74, 6) is 1.05. The Kier molecular flexibility index (Phi) is 7.04. The van der Waals surface area contributed by atoms with Gasteiger partial charge in [-0.1, -0.05) is 13.8 Å². The lowest BCUT2D eigenvalue weighted by Gasteiger charge is -2.26. The van der Waals surface area contributed by atoms with Gasteiger partial charge in [-0.25, -0.2) is 0 Å². The highest BCUT2D eigenvalue weighted by Crippen LogP contribution is 2.19. The normalized spacial score (nSPS) is 17.1. The van der Waals surface area contributed by atoms with Gasteiger partial charge in [0.15, 0.2) is 0 Å². The molecule has 0 aliphatic heterocycles. The molecule has 0 bridgehead atoms. The van der Waals surface area contributed by atoms with Crippen LogP contribution in [0.4, 0.5) is 0 Å². The van der Waals surface area contributed by atoms with Crippen LogP contribution < -0.4 is 5.32 Å². The molecular formula is C12H24N2S. The molecular weight excluding hydrogens is 204 g/mol. The molecule has 0 aromatic heterocycles. The van der Waals surface area contributed by atoms with Crippen molar-refractivity contribution in [2.45, 2.75) is 64.3 Å². The standard InChI is InChI=1S/C12H24N2S/c1-6-11(4)15-8-7-12(5,9-13)14-10(2)3/h10-11,14H,6-8H2,1-5H3. The summed E-state index contributed by atoms with van der Waals surface area (Å²) in [5, 5.41) is 13.2. The van der Waals surface area contributed by atoms with Crippen molar-refractivity contribution in [3.05, 3.63) is 0 Å². The van der Waals surface area contributed by atoms with Crippen molar-refractivity contribution in [2.24, 2.45) is 0 Å².